The van der Waals surface area contributed by atoms with Gasteiger partial charge in [0.1, 0.15) is 15.7 Å². The summed E-state index contributed by atoms with van der Waals surface area (Å²) < 4.78 is 0. The lowest BCUT2D eigenvalue weighted by Gasteiger charge is -2.11. The van der Waals surface area contributed by atoms with Crippen molar-refractivity contribution in [2.45, 2.75) is 37.5 Å². The number of nitrogens with zero attached hydrogens (tertiary/aromatic N) is 3. The van der Waals surface area contributed by atoms with E-state index in [0.29, 0.717) is 0 Å². The van der Waals surface area contributed by atoms with Crippen LogP contribution >= 0.6 is 23.1 Å². The van der Waals surface area contributed by atoms with Crippen LogP contribution in [-0.2, 0) is 4.79 Å². The molecule has 0 radical (unpaired) electrons. The predicted octanol–water partition coefficient (Wildman–Crippen LogP) is 2.94. The molecule has 0 bridgehead atoms. The quantitative estimate of drug-likeness (QED) is 0.800. The van der Waals surface area contributed by atoms with Crippen molar-refractivity contribution >= 4 is 39.2 Å². The van der Waals surface area contributed by atoms with Crippen molar-refractivity contribution in [2.75, 3.05) is 13.6 Å². The number of amides is 1. The lowest BCUT2D eigenvalue weighted by atomic mass is 10.2. The fourth-order valence-corrected chi connectivity index (χ4v) is 4.90. The lowest BCUT2D eigenvalue weighted by Crippen LogP contribution is -2.23. The van der Waals surface area contributed by atoms with E-state index in [-0.39, 0.29) is 11.2 Å². The summed E-state index contributed by atoms with van der Waals surface area (Å²) in [7, 11) is 1.86. The number of hydrogen-bond acceptors (Lipinski definition) is 5. The molecule has 2 aromatic rings. The van der Waals surface area contributed by atoms with Crippen LogP contribution in [0.2, 0.25) is 0 Å². The maximum atomic E-state index is 12.1. The molecule has 106 valence electrons. The Morgan fingerprint density at radius 1 is 1.30 bits per heavy atom. The third kappa shape index (κ3) is 2.20. The summed E-state index contributed by atoms with van der Waals surface area (Å²) in [6.07, 6.45) is 0.896. The summed E-state index contributed by atoms with van der Waals surface area (Å²) in [6, 6.07) is 0. The molecular formula is C14H17N3OS2. The molecule has 3 rings (SSSR count). The van der Waals surface area contributed by atoms with Crippen molar-refractivity contribution in [3.05, 3.63) is 16.3 Å². The van der Waals surface area contributed by atoms with Crippen molar-refractivity contribution in [3.8, 4) is 0 Å². The summed E-state index contributed by atoms with van der Waals surface area (Å²) in [5.41, 5.74) is 1.24. The van der Waals surface area contributed by atoms with Gasteiger partial charge in [0.25, 0.3) is 0 Å². The summed E-state index contributed by atoms with van der Waals surface area (Å²) in [4.78, 5) is 25.3. The van der Waals surface area contributed by atoms with Gasteiger partial charge in [-0.25, -0.2) is 9.97 Å². The molecule has 1 fully saturated rings. The number of rotatable bonds is 2. The second kappa shape index (κ2) is 5.00. The maximum absolute atomic E-state index is 12.1. The van der Waals surface area contributed by atoms with Crippen LogP contribution in [0.25, 0.3) is 10.2 Å². The normalized spacial score (nSPS) is 19.3. The van der Waals surface area contributed by atoms with Crippen molar-refractivity contribution in [3.63, 3.8) is 0 Å². The van der Waals surface area contributed by atoms with Gasteiger partial charge in [0, 0.05) is 23.9 Å². The molecule has 1 atom stereocenters. The first-order valence-corrected chi connectivity index (χ1v) is 8.33. The predicted molar refractivity (Wildman–Crippen MR) is 83.5 cm³/mol. The number of hydrogen-bond donors (Lipinski definition) is 0. The largest absolute Gasteiger partial charge is 0.345 e. The molecule has 0 spiro atoms. The molecule has 0 unspecified atom stereocenters. The van der Waals surface area contributed by atoms with Gasteiger partial charge in [-0.1, -0.05) is 11.8 Å². The third-order valence-electron chi connectivity index (χ3n) is 3.74. The number of thioether (sulfide) groups is 1. The van der Waals surface area contributed by atoms with Crippen LogP contribution in [0.5, 0.6) is 0 Å². The fraction of sp³-hybridized carbons (Fsp3) is 0.500. The summed E-state index contributed by atoms with van der Waals surface area (Å²) in [5.74, 6) is 0.990. The first-order valence-electron chi connectivity index (χ1n) is 6.63. The summed E-state index contributed by atoms with van der Waals surface area (Å²) in [5, 5.41) is 2.09. The first-order chi connectivity index (χ1) is 9.47. The Balaban J connectivity index is 2.05. The molecule has 6 heteroatoms. The highest BCUT2D eigenvalue weighted by Crippen LogP contribution is 2.38. The topological polar surface area (TPSA) is 46.1 Å². The van der Waals surface area contributed by atoms with Gasteiger partial charge >= 0.3 is 0 Å². The molecule has 0 aliphatic carbocycles. The van der Waals surface area contributed by atoms with Crippen molar-refractivity contribution in [1.82, 2.24) is 14.9 Å². The monoisotopic (exact) mass is 307 g/mol. The minimum atomic E-state index is -0.00268. The Bertz CT molecular complexity index is 695. The molecule has 0 aromatic carbocycles. The highest BCUT2D eigenvalue weighted by Gasteiger charge is 2.31. The van der Waals surface area contributed by atoms with E-state index in [2.05, 4.69) is 23.8 Å². The van der Waals surface area contributed by atoms with Crippen LogP contribution < -0.4 is 0 Å². The van der Waals surface area contributed by atoms with Gasteiger partial charge in [-0.2, -0.15) is 0 Å². The number of carbonyl (C=O) groups excluding carboxylic acids is 1. The molecule has 3 heterocycles. The van der Waals surface area contributed by atoms with E-state index < -0.39 is 0 Å². The third-order valence-corrected chi connectivity index (χ3v) is 6.08. The SMILES string of the molecule is Cc1nc(S[C@@H]2CCN(C)C2=O)c2c(C)c(C)sc2n1. The van der Waals surface area contributed by atoms with E-state index in [0.717, 1.165) is 34.0 Å². The van der Waals surface area contributed by atoms with Crippen molar-refractivity contribution < 1.29 is 4.79 Å². The lowest BCUT2D eigenvalue weighted by molar-refractivity contribution is -0.126. The van der Waals surface area contributed by atoms with E-state index >= 15 is 0 Å². The van der Waals surface area contributed by atoms with Crippen molar-refractivity contribution in [2.24, 2.45) is 0 Å². The Morgan fingerprint density at radius 2 is 2.05 bits per heavy atom. The van der Waals surface area contributed by atoms with Crippen LogP contribution in [0.3, 0.4) is 0 Å². The summed E-state index contributed by atoms with van der Waals surface area (Å²) in [6.45, 7) is 6.97. The van der Waals surface area contributed by atoms with Crippen LogP contribution in [0.1, 0.15) is 22.7 Å². The second-order valence-corrected chi connectivity index (χ2v) is 7.59. The Kier molecular flexibility index (Phi) is 3.46. The Labute approximate surface area is 126 Å². The Morgan fingerprint density at radius 3 is 2.70 bits per heavy atom. The van der Waals surface area contributed by atoms with Gasteiger partial charge in [0.05, 0.1) is 5.25 Å². The molecule has 2 aromatic heterocycles. The molecule has 0 saturated carbocycles. The minimum absolute atomic E-state index is 0.00268. The zero-order chi connectivity index (χ0) is 14.4. The van der Waals surface area contributed by atoms with E-state index in [1.54, 1.807) is 28.0 Å². The zero-order valence-electron chi connectivity index (χ0n) is 12.1. The molecular weight excluding hydrogens is 290 g/mol. The molecule has 0 N–H and O–H groups in total. The molecule has 1 aliphatic heterocycles. The van der Waals surface area contributed by atoms with E-state index in [1.165, 1.54) is 10.4 Å². The van der Waals surface area contributed by atoms with E-state index in [4.69, 9.17) is 0 Å². The van der Waals surface area contributed by atoms with Gasteiger partial charge in [-0.3, -0.25) is 4.79 Å². The maximum Gasteiger partial charge on any atom is 0.235 e. The molecule has 1 aliphatic rings. The number of thiophene rings is 1. The average Bonchev–Trinajstić information content (AvgIpc) is 2.84. The zero-order valence-corrected chi connectivity index (χ0v) is 13.7. The van der Waals surface area contributed by atoms with Gasteiger partial charge in [0.15, 0.2) is 0 Å². The van der Waals surface area contributed by atoms with Crippen LogP contribution in [-0.4, -0.2) is 39.6 Å². The van der Waals surface area contributed by atoms with Crippen LogP contribution in [0, 0.1) is 20.8 Å². The second-order valence-electron chi connectivity index (χ2n) is 5.19. The smallest absolute Gasteiger partial charge is 0.235 e. The number of carbonyl (C=O) groups is 1. The highest BCUT2D eigenvalue weighted by atomic mass is 32.2. The fourth-order valence-electron chi connectivity index (χ4n) is 2.43. The highest BCUT2D eigenvalue weighted by molar-refractivity contribution is 8.00. The average molecular weight is 307 g/mol. The standard InChI is InChI=1S/C14H17N3OS2/c1-7-8(2)19-12-11(7)13(16-9(3)15-12)20-10-5-6-17(4)14(10)18/h10H,5-6H2,1-4H3/t10-/m1/s1. The van der Waals surface area contributed by atoms with E-state index in [9.17, 15) is 4.79 Å². The number of aromatic nitrogens is 2. The minimum Gasteiger partial charge on any atom is -0.345 e. The molecule has 1 amide bonds. The van der Waals surface area contributed by atoms with E-state index in [1.807, 2.05) is 14.0 Å². The Hall–Kier alpha value is -1.14. The van der Waals surface area contributed by atoms with Gasteiger partial charge in [-0.15, -0.1) is 11.3 Å². The van der Waals surface area contributed by atoms with Crippen LogP contribution in [0.4, 0.5) is 0 Å². The van der Waals surface area contributed by atoms with Gasteiger partial charge in [0.2, 0.25) is 5.91 Å². The number of fused-ring (bicyclic) bond motifs is 1. The van der Waals surface area contributed by atoms with Gasteiger partial charge in [-0.05, 0) is 32.8 Å². The van der Waals surface area contributed by atoms with Crippen LogP contribution in [0.15, 0.2) is 5.03 Å². The molecule has 20 heavy (non-hydrogen) atoms. The number of likely N-dealkylation sites (tertiary alicyclic amines) is 1. The molecule has 1 saturated heterocycles. The molecule has 4 nitrogen and oxygen atoms in total. The number of aryl methyl sites for hydroxylation is 3. The van der Waals surface area contributed by atoms with Crippen molar-refractivity contribution in [1.29, 1.82) is 0 Å². The van der Waals surface area contributed by atoms with Gasteiger partial charge < -0.3 is 4.90 Å². The first kappa shape index (κ1) is 13.8. The summed E-state index contributed by atoms with van der Waals surface area (Å²) >= 11 is 3.31.